The molecule has 130 valence electrons. The maximum Gasteiger partial charge on any atom is 0.259 e. The smallest absolute Gasteiger partial charge is 0.259 e. The molecular formula is C18H31N3O2. The van der Waals surface area contributed by atoms with Crippen molar-refractivity contribution >= 4 is 11.9 Å². The van der Waals surface area contributed by atoms with Crippen molar-refractivity contribution in [1.82, 2.24) is 4.90 Å². The molecule has 1 atom stereocenters. The number of guanidine groups is 1. The predicted molar refractivity (Wildman–Crippen MR) is 91.1 cm³/mol. The molecule has 0 aromatic rings. The van der Waals surface area contributed by atoms with Crippen molar-refractivity contribution < 1.29 is 9.53 Å². The van der Waals surface area contributed by atoms with Gasteiger partial charge in [-0.25, -0.2) is 4.99 Å². The van der Waals surface area contributed by atoms with Gasteiger partial charge in [0.05, 0.1) is 12.7 Å². The highest BCUT2D eigenvalue weighted by Crippen LogP contribution is 2.36. The molecule has 0 aromatic carbocycles. The molecule has 5 nitrogen and oxygen atoms in total. The number of ether oxygens (including phenoxy) is 1. The van der Waals surface area contributed by atoms with Crippen molar-refractivity contribution in [3.63, 3.8) is 0 Å². The fourth-order valence-corrected chi connectivity index (χ4v) is 4.40. The van der Waals surface area contributed by atoms with Crippen LogP contribution in [0.4, 0.5) is 0 Å². The Hall–Kier alpha value is -1.10. The van der Waals surface area contributed by atoms with Gasteiger partial charge in [-0.15, -0.1) is 0 Å². The first-order chi connectivity index (χ1) is 11.1. The standard InChI is InChI=1S/C18H31N3O2/c1-21-16(22)18(20-17(21)19,12-14-8-4-2-5-9-14)13-23-15-10-6-3-7-11-15/h14-15H,2-13H2,1H3,(H2,19,20)/t18-/m0/s1. The summed E-state index contributed by atoms with van der Waals surface area (Å²) < 4.78 is 6.17. The third-order valence-electron chi connectivity index (χ3n) is 5.84. The van der Waals surface area contributed by atoms with E-state index in [0.29, 0.717) is 24.6 Å². The summed E-state index contributed by atoms with van der Waals surface area (Å²) in [6, 6.07) is 0. The Bertz CT molecular complexity index is 453. The van der Waals surface area contributed by atoms with Gasteiger partial charge in [0.2, 0.25) is 0 Å². The number of nitrogens with two attached hydrogens (primary N) is 1. The molecule has 3 aliphatic rings. The molecule has 3 rings (SSSR count). The minimum Gasteiger partial charge on any atom is -0.375 e. The number of carbonyl (C=O) groups excluding carboxylic acids is 1. The summed E-state index contributed by atoms with van der Waals surface area (Å²) in [4.78, 5) is 18.9. The molecule has 0 aromatic heterocycles. The summed E-state index contributed by atoms with van der Waals surface area (Å²) in [5.74, 6) is 0.945. The Kier molecular flexibility index (Phi) is 5.24. The van der Waals surface area contributed by atoms with Crippen molar-refractivity contribution in [2.24, 2.45) is 16.6 Å². The number of hydrogen-bond acceptors (Lipinski definition) is 4. The molecule has 0 bridgehead atoms. The van der Waals surface area contributed by atoms with E-state index in [9.17, 15) is 4.79 Å². The lowest BCUT2D eigenvalue weighted by Gasteiger charge is -2.33. The van der Waals surface area contributed by atoms with Gasteiger partial charge in [-0.05, 0) is 25.2 Å². The fourth-order valence-electron chi connectivity index (χ4n) is 4.40. The maximum atomic E-state index is 12.8. The number of hydrogen-bond donors (Lipinski definition) is 1. The summed E-state index contributed by atoms with van der Waals surface area (Å²) in [6.45, 7) is 0.401. The van der Waals surface area contributed by atoms with Crippen LogP contribution in [-0.2, 0) is 9.53 Å². The fraction of sp³-hybridized carbons (Fsp3) is 0.889. The largest absolute Gasteiger partial charge is 0.375 e. The molecule has 0 saturated heterocycles. The number of amides is 1. The summed E-state index contributed by atoms with van der Waals surface area (Å²) in [6.07, 6.45) is 13.4. The van der Waals surface area contributed by atoms with E-state index in [0.717, 1.165) is 19.3 Å². The SMILES string of the molecule is CN1C(=O)[C@@](COC2CCCCC2)(CC2CCCCC2)N=C1N. The van der Waals surface area contributed by atoms with Crippen LogP contribution in [0.25, 0.3) is 0 Å². The number of carbonyl (C=O) groups is 1. The monoisotopic (exact) mass is 321 g/mol. The topological polar surface area (TPSA) is 67.9 Å². The molecule has 2 aliphatic carbocycles. The summed E-state index contributed by atoms with van der Waals surface area (Å²) in [5.41, 5.74) is 5.19. The molecule has 2 saturated carbocycles. The van der Waals surface area contributed by atoms with Gasteiger partial charge in [-0.2, -0.15) is 0 Å². The van der Waals surface area contributed by atoms with Crippen molar-refractivity contribution in [3.8, 4) is 0 Å². The molecule has 1 heterocycles. The van der Waals surface area contributed by atoms with Crippen molar-refractivity contribution in [2.45, 2.75) is 82.3 Å². The zero-order chi connectivity index (χ0) is 16.3. The minimum absolute atomic E-state index is 0.0244. The Labute approximate surface area is 139 Å². The van der Waals surface area contributed by atoms with Crippen LogP contribution in [0.2, 0.25) is 0 Å². The summed E-state index contributed by atoms with van der Waals surface area (Å²) in [7, 11) is 1.73. The number of nitrogens with zero attached hydrogens (tertiary/aromatic N) is 2. The second kappa shape index (κ2) is 7.20. The van der Waals surface area contributed by atoms with Gasteiger partial charge < -0.3 is 10.5 Å². The Morgan fingerprint density at radius 1 is 1.13 bits per heavy atom. The van der Waals surface area contributed by atoms with Gasteiger partial charge in [0.15, 0.2) is 11.5 Å². The normalized spacial score (nSPS) is 30.7. The minimum atomic E-state index is -0.766. The zero-order valence-electron chi connectivity index (χ0n) is 14.4. The van der Waals surface area contributed by atoms with Crippen LogP contribution in [0.1, 0.15) is 70.6 Å². The quantitative estimate of drug-likeness (QED) is 0.846. The molecule has 1 amide bonds. The number of rotatable bonds is 5. The van der Waals surface area contributed by atoms with Crippen LogP contribution in [0, 0.1) is 5.92 Å². The van der Waals surface area contributed by atoms with Gasteiger partial charge in [0, 0.05) is 7.05 Å². The summed E-state index contributed by atoms with van der Waals surface area (Å²) in [5, 5.41) is 0. The molecule has 0 radical (unpaired) electrons. The molecule has 0 spiro atoms. The van der Waals surface area contributed by atoms with Crippen molar-refractivity contribution in [3.05, 3.63) is 0 Å². The van der Waals surface area contributed by atoms with Crippen molar-refractivity contribution in [2.75, 3.05) is 13.7 Å². The molecule has 23 heavy (non-hydrogen) atoms. The lowest BCUT2D eigenvalue weighted by atomic mass is 9.79. The molecule has 2 N–H and O–H groups in total. The average Bonchev–Trinajstić information content (AvgIpc) is 2.79. The third-order valence-corrected chi connectivity index (χ3v) is 5.84. The highest BCUT2D eigenvalue weighted by Gasteiger charge is 2.48. The van der Waals surface area contributed by atoms with E-state index < -0.39 is 5.54 Å². The third kappa shape index (κ3) is 3.70. The first kappa shape index (κ1) is 16.7. The number of aliphatic imine (C=N–C) groups is 1. The average molecular weight is 321 g/mol. The van der Waals surface area contributed by atoms with Crippen LogP contribution in [-0.4, -0.2) is 42.1 Å². The Balaban J connectivity index is 1.69. The van der Waals surface area contributed by atoms with E-state index in [-0.39, 0.29) is 5.91 Å². The second-order valence-corrected chi connectivity index (χ2v) is 7.64. The van der Waals surface area contributed by atoms with Crippen LogP contribution >= 0.6 is 0 Å². The van der Waals surface area contributed by atoms with Gasteiger partial charge in [0.25, 0.3) is 5.91 Å². The molecule has 5 heteroatoms. The van der Waals surface area contributed by atoms with Crippen LogP contribution < -0.4 is 5.73 Å². The van der Waals surface area contributed by atoms with E-state index in [2.05, 4.69) is 4.99 Å². The van der Waals surface area contributed by atoms with Crippen LogP contribution in [0.15, 0.2) is 4.99 Å². The van der Waals surface area contributed by atoms with E-state index in [1.807, 2.05) is 0 Å². The zero-order valence-corrected chi connectivity index (χ0v) is 14.4. The highest BCUT2D eigenvalue weighted by atomic mass is 16.5. The van der Waals surface area contributed by atoms with Crippen LogP contribution in [0.3, 0.4) is 0 Å². The van der Waals surface area contributed by atoms with Gasteiger partial charge in [0.1, 0.15) is 0 Å². The lowest BCUT2D eigenvalue weighted by Crippen LogP contribution is -2.47. The Morgan fingerprint density at radius 3 is 2.30 bits per heavy atom. The van der Waals surface area contributed by atoms with Crippen LogP contribution in [0.5, 0.6) is 0 Å². The maximum absolute atomic E-state index is 12.8. The Morgan fingerprint density at radius 2 is 1.74 bits per heavy atom. The molecule has 2 fully saturated rings. The first-order valence-electron chi connectivity index (χ1n) is 9.36. The molecular weight excluding hydrogens is 290 g/mol. The van der Waals surface area contributed by atoms with E-state index in [1.165, 1.54) is 56.3 Å². The van der Waals surface area contributed by atoms with E-state index in [1.54, 1.807) is 7.05 Å². The predicted octanol–water partition coefficient (Wildman–Crippen LogP) is 2.83. The second-order valence-electron chi connectivity index (χ2n) is 7.64. The molecule has 1 aliphatic heterocycles. The highest BCUT2D eigenvalue weighted by molar-refractivity contribution is 6.06. The van der Waals surface area contributed by atoms with E-state index in [4.69, 9.17) is 10.5 Å². The molecule has 0 unspecified atom stereocenters. The lowest BCUT2D eigenvalue weighted by molar-refractivity contribution is -0.134. The van der Waals surface area contributed by atoms with Gasteiger partial charge in [-0.3, -0.25) is 9.69 Å². The number of likely N-dealkylation sites (N-methyl/N-ethyl adjacent to an activating group) is 1. The summed E-state index contributed by atoms with van der Waals surface area (Å²) >= 11 is 0. The van der Waals surface area contributed by atoms with Gasteiger partial charge >= 0.3 is 0 Å². The van der Waals surface area contributed by atoms with Gasteiger partial charge in [-0.1, -0.05) is 51.4 Å². The van der Waals surface area contributed by atoms with E-state index >= 15 is 0 Å². The van der Waals surface area contributed by atoms with Crippen molar-refractivity contribution in [1.29, 1.82) is 0 Å². The first-order valence-corrected chi connectivity index (χ1v) is 9.36.